The molecule has 0 aliphatic heterocycles. The number of aromatic nitrogens is 2. The zero-order valence-electron chi connectivity index (χ0n) is 8.56. The van der Waals surface area contributed by atoms with E-state index < -0.39 is 0 Å². The van der Waals surface area contributed by atoms with E-state index in [2.05, 4.69) is 10.2 Å². The first kappa shape index (κ1) is 11.6. The third-order valence-corrected chi connectivity index (χ3v) is 3.50. The molecule has 0 spiro atoms. The highest BCUT2D eigenvalue weighted by Crippen LogP contribution is 2.28. The molecule has 0 aliphatic rings. The van der Waals surface area contributed by atoms with E-state index in [-0.39, 0.29) is 6.61 Å². The quantitative estimate of drug-likeness (QED) is 0.673. The molecule has 0 atom stereocenters. The van der Waals surface area contributed by atoms with E-state index in [0.29, 0.717) is 5.15 Å². The molecule has 1 aromatic carbocycles. The molecule has 2 rings (SSSR count). The van der Waals surface area contributed by atoms with E-state index in [1.54, 1.807) is 11.8 Å². The molecule has 1 heterocycles. The Bertz CT molecular complexity index is 492. The summed E-state index contributed by atoms with van der Waals surface area (Å²) in [6.45, 7) is 0.200. The third-order valence-electron chi connectivity index (χ3n) is 2.15. The van der Waals surface area contributed by atoms with Crippen molar-refractivity contribution < 1.29 is 5.11 Å². The van der Waals surface area contributed by atoms with Crippen LogP contribution in [0.3, 0.4) is 0 Å². The Morgan fingerprint density at radius 1 is 1.19 bits per heavy atom. The first-order chi connectivity index (χ1) is 7.83. The lowest BCUT2D eigenvalue weighted by atomic mass is 10.2. The molecule has 0 radical (unpaired) electrons. The Balaban J connectivity index is 2.35. The second kappa shape index (κ2) is 5.48. The number of fused-ring (bicyclic) bond motifs is 1. The van der Waals surface area contributed by atoms with E-state index in [1.165, 1.54) is 0 Å². The van der Waals surface area contributed by atoms with Crippen LogP contribution in [0.1, 0.15) is 6.42 Å². The van der Waals surface area contributed by atoms with Crippen LogP contribution in [0.4, 0.5) is 0 Å². The van der Waals surface area contributed by atoms with Crippen LogP contribution in [-0.2, 0) is 0 Å². The van der Waals surface area contributed by atoms with Crippen LogP contribution >= 0.6 is 23.4 Å². The maximum Gasteiger partial charge on any atom is 0.159 e. The summed E-state index contributed by atoms with van der Waals surface area (Å²) in [4.78, 5) is 0. The maximum atomic E-state index is 8.73. The van der Waals surface area contributed by atoms with Crippen LogP contribution in [0.5, 0.6) is 0 Å². The number of benzene rings is 1. The van der Waals surface area contributed by atoms with Gasteiger partial charge in [0.05, 0.1) is 0 Å². The van der Waals surface area contributed by atoms with E-state index in [0.717, 1.165) is 28.0 Å². The zero-order chi connectivity index (χ0) is 11.4. The summed E-state index contributed by atoms with van der Waals surface area (Å²) < 4.78 is 0. The average molecular weight is 255 g/mol. The smallest absolute Gasteiger partial charge is 0.159 e. The van der Waals surface area contributed by atoms with Gasteiger partial charge in [0, 0.05) is 23.1 Å². The highest BCUT2D eigenvalue weighted by atomic mass is 35.5. The van der Waals surface area contributed by atoms with Gasteiger partial charge < -0.3 is 5.11 Å². The molecule has 0 saturated heterocycles. The number of hydrogen-bond acceptors (Lipinski definition) is 4. The van der Waals surface area contributed by atoms with Crippen LogP contribution in [-0.4, -0.2) is 27.7 Å². The standard InChI is InChI=1S/C11H11ClN2OS/c12-10-8-4-1-2-5-9(8)11(14-13-10)16-7-3-6-15/h1-2,4-5,15H,3,6-7H2. The summed E-state index contributed by atoms with van der Waals surface area (Å²) in [5, 5.41) is 20.0. The average Bonchev–Trinajstić information content (AvgIpc) is 2.33. The molecular formula is C11H11ClN2OS. The first-order valence-electron chi connectivity index (χ1n) is 4.97. The SMILES string of the molecule is OCCCSc1nnc(Cl)c2ccccc12. The molecule has 2 aromatic rings. The Hall–Kier alpha value is -0.840. The number of halogens is 1. The van der Waals surface area contributed by atoms with E-state index in [4.69, 9.17) is 16.7 Å². The lowest BCUT2D eigenvalue weighted by Crippen LogP contribution is -1.92. The second-order valence-electron chi connectivity index (χ2n) is 3.27. The predicted octanol–water partition coefficient (Wildman–Crippen LogP) is 2.76. The van der Waals surface area contributed by atoms with Gasteiger partial charge in [0.2, 0.25) is 0 Å². The minimum Gasteiger partial charge on any atom is -0.396 e. The van der Waals surface area contributed by atoms with Crippen LogP contribution in [0.2, 0.25) is 5.15 Å². The van der Waals surface area contributed by atoms with Gasteiger partial charge in [0.1, 0.15) is 5.03 Å². The van der Waals surface area contributed by atoms with Crippen LogP contribution in [0, 0.1) is 0 Å². The van der Waals surface area contributed by atoms with Crippen molar-refractivity contribution in [2.75, 3.05) is 12.4 Å². The Kier molecular flexibility index (Phi) is 3.98. The summed E-state index contributed by atoms with van der Waals surface area (Å²) in [5.74, 6) is 0.830. The summed E-state index contributed by atoms with van der Waals surface area (Å²) >= 11 is 7.56. The zero-order valence-corrected chi connectivity index (χ0v) is 10.1. The van der Waals surface area contributed by atoms with Crippen LogP contribution in [0.25, 0.3) is 10.8 Å². The Morgan fingerprint density at radius 2 is 1.94 bits per heavy atom. The Morgan fingerprint density at radius 3 is 2.69 bits per heavy atom. The Labute approximate surface area is 103 Å². The minimum atomic E-state index is 0.200. The maximum absolute atomic E-state index is 8.73. The van der Waals surface area contributed by atoms with Gasteiger partial charge in [-0.2, -0.15) is 0 Å². The van der Waals surface area contributed by atoms with Crippen molar-refractivity contribution in [3.63, 3.8) is 0 Å². The van der Waals surface area contributed by atoms with Gasteiger partial charge in [0.25, 0.3) is 0 Å². The van der Waals surface area contributed by atoms with Crippen LogP contribution in [0.15, 0.2) is 29.3 Å². The number of thioether (sulfide) groups is 1. The molecule has 0 aliphatic carbocycles. The summed E-state index contributed by atoms with van der Waals surface area (Å²) in [5.41, 5.74) is 0. The van der Waals surface area contributed by atoms with Gasteiger partial charge in [-0.1, -0.05) is 35.9 Å². The molecule has 16 heavy (non-hydrogen) atoms. The molecule has 84 valence electrons. The molecule has 3 nitrogen and oxygen atoms in total. The fourth-order valence-corrected chi connectivity index (χ4v) is 2.49. The van der Waals surface area contributed by atoms with Crippen molar-refractivity contribution in [2.24, 2.45) is 0 Å². The fraction of sp³-hybridized carbons (Fsp3) is 0.273. The minimum absolute atomic E-state index is 0.200. The van der Waals surface area contributed by atoms with E-state index >= 15 is 0 Å². The van der Waals surface area contributed by atoms with Crippen molar-refractivity contribution in [2.45, 2.75) is 11.4 Å². The van der Waals surface area contributed by atoms with Gasteiger partial charge in [-0.25, -0.2) is 0 Å². The van der Waals surface area contributed by atoms with Crippen molar-refractivity contribution >= 4 is 34.1 Å². The van der Waals surface area contributed by atoms with Crippen molar-refractivity contribution in [3.8, 4) is 0 Å². The van der Waals surface area contributed by atoms with Crippen molar-refractivity contribution in [1.82, 2.24) is 10.2 Å². The highest BCUT2D eigenvalue weighted by molar-refractivity contribution is 7.99. The van der Waals surface area contributed by atoms with Gasteiger partial charge in [-0.05, 0) is 6.42 Å². The lowest BCUT2D eigenvalue weighted by Gasteiger charge is -2.04. The molecular weight excluding hydrogens is 244 g/mol. The molecule has 0 fully saturated rings. The lowest BCUT2D eigenvalue weighted by molar-refractivity contribution is 0.296. The number of aliphatic hydroxyl groups excluding tert-OH is 1. The largest absolute Gasteiger partial charge is 0.396 e. The number of hydrogen-bond donors (Lipinski definition) is 1. The second-order valence-corrected chi connectivity index (χ2v) is 4.71. The van der Waals surface area contributed by atoms with E-state index in [1.807, 2.05) is 24.3 Å². The van der Waals surface area contributed by atoms with Gasteiger partial charge in [-0.3, -0.25) is 0 Å². The van der Waals surface area contributed by atoms with Gasteiger partial charge >= 0.3 is 0 Å². The molecule has 5 heteroatoms. The van der Waals surface area contributed by atoms with Crippen molar-refractivity contribution in [3.05, 3.63) is 29.4 Å². The molecule has 0 amide bonds. The van der Waals surface area contributed by atoms with Crippen LogP contribution < -0.4 is 0 Å². The van der Waals surface area contributed by atoms with Gasteiger partial charge in [0.15, 0.2) is 5.15 Å². The number of rotatable bonds is 4. The van der Waals surface area contributed by atoms with Gasteiger partial charge in [-0.15, -0.1) is 22.0 Å². The summed E-state index contributed by atoms with van der Waals surface area (Å²) in [6.07, 6.45) is 0.753. The van der Waals surface area contributed by atoms with E-state index in [9.17, 15) is 0 Å². The topological polar surface area (TPSA) is 46.0 Å². The first-order valence-corrected chi connectivity index (χ1v) is 6.34. The molecule has 1 N–H and O–H groups in total. The molecule has 0 unspecified atom stereocenters. The van der Waals surface area contributed by atoms with Crippen molar-refractivity contribution in [1.29, 1.82) is 0 Å². The monoisotopic (exact) mass is 254 g/mol. The third kappa shape index (κ3) is 2.45. The molecule has 0 bridgehead atoms. The fourth-order valence-electron chi connectivity index (χ4n) is 1.39. The normalized spacial score (nSPS) is 10.9. The molecule has 0 saturated carbocycles. The predicted molar refractivity (Wildman–Crippen MR) is 67.0 cm³/mol. The number of nitrogens with zero attached hydrogens (tertiary/aromatic N) is 2. The highest BCUT2D eigenvalue weighted by Gasteiger charge is 2.07. The molecule has 1 aromatic heterocycles. The number of aliphatic hydroxyl groups is 1. The summed E-state index contributed by atoms with van der Waals surface area (Å²) in [7, 11) is 0. The summed E-state index contributed by atoms with van der Waals surface area (Å²) in [6, 6.07) is 7.80.